The lowest BCUT2D eigenvalue weighted by Crippen LogP contribution is -2.30. The van der Waals surface area contributed by atoms with Gasteiger partial charge in [-0.2, -0.15) is 0 Å². The van der Waals surface area contributed by atoms with E-state index in [1.54, 1.807) is 34.5 Å². The Hall–Kier alpha value is -1.93. The highest BCUT2D eigenvalue weighted by Gasteiger charge is 2.12. The Kier molecular flexibility index (Phi) is 5.62. The van der Waals surface area contributed by atoms with Crippen molar-refractivity contribution in [3.63, 3.8) is 0 Å². The Morgan fingerprint density at radius 1 is 1.31 bits per heavy atom. The van der Waals surface area contributed by atoms with Gasteiger partial charge in [-0.05, 0) is 32.2 Å². The van der Waals surface area contributed by atoms with E-state index in [1.165, 1.54) is 17.4 Å². The number of hydrogen-bond donors (Lipinski definition) is 1. The van der Waals surface area contributed by atoms with E-state index in [1.807, 2.05) is 12.3 Å². The zero-order chi connectivity index (χ0) is 18.8. The molecule has 0 bridgehead atoms. The Morgan fingerprint density at radius 2 is 2.08 bits per heavy atom. The topological polar surface area (TPSA) is 66.7 Å². The molecule has 3 aromatic rings. The maximum absolute atomic E-state index is 12.2. The zero-order valence-corrected chi connectivity index (χ0v) is 16.5. The van der Waals surface area contributed by atoms with E-state index in [0.29, 0.717) is 32.9 Å². The quantitative estimate of drug-likeness (QED) is 0.699. The van der Waals surface area contributed by atoms with Crippen molar-refractivity contribution in [1.29, 1.82) is 0 Å². The third-order valence-corrected chi connectivity index (χ3v) is 5.36. The molecule has 9 heteroatoms. The molecule has 1 N–H and O–H groups in total. The fraction of sp³-hybridized carbons (Fsp3) is 0.235. The minimum absolute atomic E-state index is 0.114. The van der Waals surface area contributed by atoms with Crippen LogP contribution in [-0.2, 0) is 11.3 Å². The molecule has 136 valence electrons. The van der Waals surface area contributed by atoms with Gasteiger partial charge in [-0.15, -0.1) is 11.3 Å². The number of rotatable bonds is 5. The predicted octanol–water partition coefficient (Wildman–Crippen LogP) is 3.44. The molecule has 0 aliphatic carbocycles. The van der Waals surface area contributed by atoms with Crippen molar-refractivity contribution in [2.45, 2.75) is 13.5 Å². The van der Waals surface area contributed by atoms with Crippen LogP contribution in [0.3, 0.4) is 0 Å². The Labute approximate surface area is 164 Å². The Bertz CT molecular complexity index is 1030. The first kappa shape index (κ1) is 18.8. The van der Waals surface area contributed by atoms with Crippen molar-refractivity contribution < 1.29 is 4.79 Å². The number of fused-ring (bicyclic) bond motifs is 1. The summed E-state index contributed by atoms with van der Waals surface area (Å²) in [5.41, 5.74) is 1.95. The minimum atomic E-state index is -0.198. The van der Waals surface area contributed by atoms with Crippen LogP contribution in [0, 0.1) is 6.92 Å². The summed E-state index contributed by atoms with van der Waals surface area (Å²) in [6, 6.07) is 6.40. The van der Waals surface area contributed by atoms with Crippen LogP contribution in [0.1, 0.15) is 11.4 Å². The van der Waals surface area contributed by atoms with Gasteiger partial charge in [0.2, 0.25) is 5.91 Å². The number of hydrogen-bond acceptors (Lipinski definition) is 5. The molecule has 2 aromatic heterocycles. The Balaban J connectivity index is 1.64. The van der Waals surface area contributed by atoms with Crippen LogP contribution in [-0.4, -0.2) is 33.8 Å². The van der Waals surface area contributed by atoms with E-state index < -0.39 is 0 Å². The van der Waals surface area contributed by atoms with Gasteiger partial charge in [0, 0.05) is 29.4 Å². The number of amides is 1. The Morgan fingerprint density at radius 3 is 2.81 bits per heavy atom. The van der Waals surface area contributed by atoms with E-state index in [4.69, 9.17) is 23.2 Å². The van der Waals surface area contributed by atoms with Gasteiger partial charge in [-0.3, -0.25) is 18.9 Å². The summed E-state index contributed by atoms with van der Waals surface area (Å²) in [6.07, 6.45) is 0. The molecule has 0 saturated carbocycles. The maximum Gasteiger partial charge on any atom is 0.259 e. The highest BCUT2D eigenvalue weighted by molar-refractivity contribution is 7.15. The van der Waals surface area contributed by atoms with E-state index >= 15 is 0 Å². The highest BCUT2D eigenvalue weighted by atomic mass is 35.5. The fourth-order valence-electron chi connectivity index (χ4n) is 2.53. The maximum atomic E-state index is 12.2. The molecule has 6 nitrogen and oxygen atoms in total. The summed E-state index contributed by atoms with van der Waals surface area (Å²) >= 11 is 13.2. The van der Waals surface area contributed by atoms with Gasteiger partial charge in [0.25, 0.3) is 5.56 Å². The molecule has 0 atom stereocenters. The summed E-state index contributed by atoms with van der Waals surface area (Å²) in [5.74, 6) is -0.198. The van der Waals surface area contributed by atoms with Crippen molar-refractivity contribution in [1.82, 2.24) is 14.3 Å². The van der Waals surface area contributed by atoms with Crippen LogP contribution >= 0.6 is 34.5 Å². The molecule has 0 spiro atoms. The van der Waals surface area contributed by atoms with Crippen molar-refractivity contribution in [2.75, 3.05) is 18.9 Å². The molecule has 0 fully saturated rings. The lowest BCUT2D eigenvalue weighted by atomic mass is 10.3. The number of likely N-dealkylation sites (N-methyl/N-ethyl adjacent to an activating group) is 1. The van der Waals surface area contributed by atoms with Gasteiger partial charge in [0.1, 0.15) is 0 Å². The standard InChI is InChI=1S/C17H16Cl2N4O2S/c1-10-9-26-17-21-12(6-16(25)23(10)17)7-22(2)8-15(24)20-11-3-4-13(18)14(19)5-11/h3-6,9H,7-8H2,1-2H3,(H,20,24). The molecule has 0 unspecified atom stereocenters. The largest absolute Gasteiger partial charge is 0.325 e. The molecule has 0 saturated heterocycles. The summed E-state index contributed by atoms with van der Waals surface area (Å²) in [5, 5.41) is 5.46. The number of benzene rings is 1. The van der Waals surface area contributed by atoms with Crippen LogP contribution in [0.5, 0.6) is 0 Å². The predicted molar refractivity (Wildman–Crippen MR) is 106 cm³/mol. The second kappa shape index (κ2) is 7.75. The first-order valence-electron chi connectivity index (χ1n) is 7.73. The smallest absolute Gasteiger partial charge is 0.259 e. The van der Waals surface area contributed by atoms with Crippen LogP contribution in [0.2, 0.25) is 10.0 Å². The van der Waals surface area contributed by atoms with Gasteiger partial charge in [0.15, 0.2) is 4.96 Å². The number of aromatic nitrogens is 2. The first-order chi connectivity index (χ1) is 12.3. The average molecular weight is 411 g/mol. The molecule has 0 radical (unpaired) electrons. The monoisotopic (exact) mass is 410 g/mol. The number of halogens is 2. The van der Waals surface area contributed by atoms with Gasteiger partial charge >= 0.3 is 0 Å². The molecule has 2 heterocycles. The van der Waals surface area contributed by atoms with E-state index in [9.17, 15) is 9.59 Å². The highest BCUT2D eigenvalue weighted by Crippen LogP contribution is 2.24. The molecular formula is C17H16Cl2N4O2S. The number of nitrogens with one attached hydrogen (secondary N) is 1. The SMILES string of the molecule is Cc1csc2nc(CN(C)CC(=O)Nc3ccc(Cl)c(Cl)c3)cc(=O)n12. The second-order valence-electron chi connectivity index (χ2n) is 5.93. The van der Waals surface area contributed by atoms with E-state index in [-0.39, 0.29) is 18.0 Å². The minimum Gasteiger partial charge on any atom is -0.325 e. The second-order valence-corrected chi connectivity index (χ2v) is 7.58. The summed E-state index contributed by atoms with van der Waals surface area (Å²) < 4.78 is 1.57. The van der Waals surface area contributed by atoms with Crippen molar-refractivity contribution >= 4 is 51.1 Å². The molecular weight excluding hydrogens is 395 g/mol. The van der Waals surface area contributed by atoms with Gasteiger partial charge in [-0.1, -0.05) is 23.2 Å². The number of nitrogens with zero attached hydrogens (tertiary/aromatic N) is 3. The molecule has 0 aliphatic rings. The van der Waals surface area contributed by atoms with Crippen LogP contribution in [0.25, 0.3) is 4.96 Å². The van der Waals surface area contributed by atoms with Crippen LogP contribution in [0.4, 0.5) is 5.69 Å². The molecule has 0 aliphatic heterocycles. The lowest BCUT2D eigenvalue weighted by molar-refractivity contribution is -0.117. The van der Waals surface area contributed by atoms with Gasteiger partial charge in [-0.25, -0.2) is 4.98 Å². The van der Waals surface area contributed by atoms with E-state index in [0.717, 1.165) is 5.69 Å². The fourth-order valence-corrected chi connectivity index (χ4v) is 3.72. The number of carbonyl (C=O) groups is 1. The van der Waals surface area contributed by atoms with Gasteiger partial charge < -0.3 is 5.32 Å². The number of aryl methyl sites for hydroxylation is 1. The van der Waals surface area contributed by atoms with Crippen molar-refractivity contribution in [3.05, 3.63) is 61.4 Å². The summed E-state index contributed by atoms with van der Waals surface area (Å²) in [6.45, 7) is 2.40. The first-order valence-corrected chi connectivity index (χ1v) is 9.37. The lowest BCUT2D eigenvalue weighted by Gasteiger charge is -2.16. The summed E-state index contributed by atoms with van der Waals surface area (Å²) in [7, 11) is 1.79. The number of thiazole rings is 1. The van der Waals surface area contributed by atoms with Crippen LogP contribution < -0.4 is 10.9 Å². The number of anilines is 1. The third-order valence-electron chi connectivity index (χ3n) is 3.68. The molecule has 3 rings (SSSR count). The summed E-state index contributed by atoms with van der Waals surface area (Å²) in [4.78, 5) is 31.3. The van der Waals surface area contributed by atoms with Crippen molar-refractivity contribution in [3.8, 4) is 0 Å². The van der Waals surface area contributed by atoms with Crippen LogP contribution in [0.15, 0.2) is 34.4 Å². The zero-order valence-electron chi connectivity index (χ0n) is 14.1. The normalized spacial score (nSPS) is 11.3. The molecule has 26 heavy (non-hydrogen) atoms. The van der Waals surface area contributed by atoms with Crippen molar-refractivity contribution in [2.24, 2.45) is 0 Å². The number of carbonyl (C=O) groups excluding carboxylic acids is 1. The van der Waals surface area contributed by atoms with E-state index in [2.05, 4.69) is 10.3 Å². The van der Waals surface area contributed by atoms with Gasteiger partial charge in [0.05, 0.1) is 22.3 Å². The third kappa shape index (κ3) is 4.24. The molecule has 1 aromatic carbocycles. The molecule has 1 amide bonds. The average Bonchev–Trinajstić information content (AvgIpc) is 2.92.